The molecule has 4 heterocycles. The fraction of sp³-hybridized carbons (Fsp3) is 0.647. The maximum absolute atomic E-state index is 12.9. The Morgan fingerprint density at radius 1 is 1.24 bits per heavy atom. The molecule has 8 heteroatoms. The van der Waals surface area contributed by atoms with Crippen LogP contribution >= 0.6 is 0 Å². The van der Waals surface area contributed by atoms with Crippen LogP contribution < -0.4 is 4.90 Å². The van der Waals surface area contributed by atoms with Crippen molar-refractivity contribution in [3.63, 3.8) is 0 Å². The summed E-state index contributed by atoms with van der Waals surface area (Å²) in [6, 6.07) is 0. The molecule has 0 radical (unpaired) electrons. The minimum Gasteiger partial charge on any atom is -0.378 e. The first kappa shape index (κ1) is 16.3. The Labute approximate surface area is 146 Å². The molecule has 2 aliphatic rings. The lowest BCUT2D eigenvalue weighted by molar-refractivity contribution is -0.140. The normalized spacial score (nSPS) is 24.2. The van der Waals surface area contributed by atoms with Gasteiger partial charge in [0.15, 0.2) is 17.0 Å². The number of imidazole rings is 1. The zero-order valence-corrected chi connectivity index (χ0v) is 14.8. The number of aryl methyl sites for hydroxylation is 1. The number of aromatic nitrogens is 4. The number of anilines is 1. The van der Waals surface area contributed by atoms with E-state index in [9.17, 15) is 4.79 Å². The second kappa shape index (κ2) is 6.59. The second-order valence-corrected chi connectivity index (χ2v) is 6.83. The predicted molar refractivity (Wildman–Crippen MR) is 93.3 cm³/mol. The monoisotopic (exact) mass is 344 g/mol. The van der Waals surface area contributed by atoms with Crippen LogP contribution in [0.4, 0.5) is 5.82 Å². The number of fused-ring (bicyclic) bond motifs is 1. The molecule has 4 rings (SSSR count). The highest BCUT2D eigenvalue weighted by molar-refractivity contribution is 5.85. The number of carbonyl (C=O) groups is 1. The zero-order chi connectivity index (χ0) is 17.4. The second-order valence-electron chi connectivity index (χ2n) is 6.83. The summed E-state index contributed by atoms with van der Waals surface area (Å²) < 4.78 is 7.37. The zero-order valence-electron chi connectivity index (χ0n) is 14.8. The fourth-order valence-electron chi connectivity index (χ4n) is 3.81. The lowest BCUT2D eigenvalue weighted by atomic mass is 9.96. The van der Waals surface area contributed by atoms with Crippen molar-refractivity contribution in [2.24, 2.45) is 11.8 Å². The van der Waals surface area contributed by atoms with Crippen LogP contribution in [0.15, 0.2) is 12.7 Å². The Hall–Kier alpha value is -2.22. The van der Waals surface area contributed by atoms with Crippen molar-refractivity contribution in [2.75, 3.05) is 44.3 Å². The Kier molecular flexibility index (Phi) is 4.29. The lowest BCUT2D eigenvalue weighted by Gasteiger charge is -2.30. The van der Waals surface area contributed by atoms with Gasteiger partial charge in [-0.3, -0.25) is 4.79 Å². The number of rotatable bonds is 3. The van der Waals surface area contributed by atoms with Crippen LogP contribution in [-0.4, -0.2) is 69.7 Å². The molecule has 0 unspecified atom stereocenters. The van der Waals surface area contributed by atoms with E-state index >= 15 is 0 Å². The van der Waals surface area contributed by atoms with Gasteiger partial charge in [0.05, 0.1) is 25.5 Å². The molecule has 8 nitrogen and oxygen atoms in total. The van der Waals surface area contributed by atoms with Crippen molar-refractivity contribution in [3.8, 4) is 0 Å². The molecular formula is C17H24N6O2. The van der Waals surface area contributed by atoms with Crippen LogP contribution in [0.5, 0.6) is 0 Å². The van der Waals surface area contributed by atoms with Crippen LogP contribution in [-0.2, 0) is 16.1 Å². The molecule has 1 amide bonds. The molecule has 2 aromatic heterocycles. The SMILES string of the molecule is CCn1cnc2c(N3C[C@@H](C)[C@H](C(=O)N4CCOCC4)C3)ncnc21. The Balaban J connectivity index is 1.57. The smallest absolute Gasteiger partial charge is 0.227 e. The highest BCUT2D eigenvalue weighted by Gasteiger charge is 2.38. The third kappa shape index (κ3) is 2.84. The first-order valence-corrected chi connectivity index (χ1v) is 8.96. The Morgan fingerprint density at radius 2 is 2.04 bits per heavy atom. The van der Waals surface area contributed by atoms with E-state index in [4.69, 9.17) is 4.74 Å². The number of nitrogens with zero attached hydrogens (tertiary/aromatic N) is 6. The summed E-state index contributed by atoms with van der Waals surface area (Å²) in [7, 11) is 0. The van der Waals surface area contributed by atoms with Crippen molar-refractivity contribution in [2.45, 2.75) is 20.4 Å². The summed E-state index contributed by atoms with van der Waals surface area (Å²) in [5.41, 5.74) is 1.67. The minimum atomic E-state index is -0.00336. The van der Waals surface area contributed by atoms with Crippen LogP contribution in [0.2, 0.25) is 0 Å². The number of hydrogen-bond donors (Lipinski definition) is 0. The van der Waals surface area contributed by atoms with Gasteiger partial charge in [-0.05, 0) is 12.8 Å². The number of carbonyl (C=O) groups excluding carboxylic acids is 1. The first-order chi connectivity index (χ1) is 12.2. The van der Waals surface area contributed by atoms with E-state index in [2.05, 4.69) is 33.7 Å². The third-order valence-corrected chi connectivity index (χ3v) is 5.27. The van der Waals surface area contributed by atoms with Gasteiger partial charge < -0.3 is 19.1 Å². The highest BCUT2D eigenvalue weighted by atomic mass is 16.5. The summed E-state index contributed by atoms with van der Waals surface area (Å²) in [6.45, 7) is 9.19. The van der Waals surface area contributed by atoms with Crippen molar-refractivity contribution >= 4 is 22.9 Å². The third-order valence-electron chi connectivity index (χ3n) is 5.27. The van der Waals surface area contributed by atoms with E-state index in [-0.39, 0.29) is 17.7 Å². The molecule has 2 aromatic rings. The average molecular weight is 344 g/mol. The molecule has 0 aromatic carbocycles. The van der Waals surface area contributed by atoms with E-state index in [1.165, 1.54) is 0 Å². The predicted octanol–water partition coefficient (Wildman–Crippen LogP) is 0.777. The van der Waals surface area contributed by atoms with Gasteiger partial charge in [0.2, 0.25) is 5.91 Å². The summed E-state index contributed by atoms with van der Waals surface area (Å²) in [5, 5.41) is 0. The fourth-order valence-corrected chi connectivity index (χ4v) is 3.81. The standard InChI is InChI=1S/C17H24N6O2/c1-3-21-11-20-14-15(21)18-10-19-16(14)23-8-12(2)13(9-23)17(24)22-4-6-25-7-5-22/h10-13H,3-9H2,1-2H3/t12-,13-/m1/s1. The molecule has 0 N–H and O–H groups in total. The Morgan fingerprint density at radius 3 is 2.80 bits per heavy atom. The van der Waals surface area contributed by atoms with Crippen LogP contribution in [0.25, 0.3) is 11.2 Å². The first-order valence-electron chi connectivity index (χ1n) is 8.96. The number of hydrogen-bond acceptors (Lipinski definition) is 6. The van der Waals surface area contributed by atoms with Gasteiger partial charge in [0, 0.05) is 32.7 Å². The molecule has 2 atom stereocenters. The summed E-state index contributed by atoms with van der Waals surface area (Å²) in [5.74, 6) is 1.36. The van der Waals surface area contributed by atoms with E-state index in [1.807, 2.05) is 9.47 Å². The van der Waals surface area contributed by atoms with Gasteiger partial charge in [-0.15, -0.1) is 0 Å². The summed E-state index contributed by atoms with van der Waals surface area (Å²) in [6.07, 6.45) is 3.39. The van der Waals surface area contributed by atoms with Crippen LogP contribution in [0.3, 0.4) is 0 Å². The van der Waals surface area contributed by atoms with E-state index in [0.29, 0.717) is 32.8 Å². The topological polar surface area (TPSA) is 76.4 Å². The van der Waals surface area contributed by atoms with Gasteiger partial charge in [-0.2, -0.15) is 0 Å². The highest BCUT2D eigenvalue weighted by Crippen LogP contribution is 2.31. The number of amides is 1. The van der Waals surface area contributed by atoms with Gasteiger partial charge in [0.1, 0.15) is 6.33 Å². The molecule has 0 saturated carbocycles. The van der Waals surface area contributed by atoms with E-state index in [1.54, 1.807) is 12.7 Å². The largest absolute Gasteiger partial charge is 0.378 e. The molecule has 2 saturated heterocycles. The van der Waals surface area contributed by atoms with Crippen molar-refractivity contribution in [1.29, 1.82) is 0 Å². The van der Waals surface area contributed by atoms with Crippen LogP contribution in [0, 0.1) is 11.8 Å². The summed E-state index contributed by atoms with van der Waals surface area (Å²) >= 11 is 0. The van der Waals surface area contributed by atoms with Gasteiger partial charge in [0.25, 0.3) is 0 Å². The maximum Gasteiger partial charge on any atom is 0.227 e. The molecule has 0 bridgehead atoms. The maximum atomic E-state index is 12.9. The van der Waals surface area contributed by atoms with Gasteiger partial charge in [-0.25, -0.2) is 15.0 Å². The van der Waals surface area contributed by atoms with Crippen molar-refractivity contribution in [1.82, 2.24) is 24.4 Å². The number of morpholine rings is 1. The van der Waals surface area contributed by atoms with E-state index in [0.717, 1.165) is 30.1 Å². The summed E-state index contributed by atoms with van der Waals surface area (Å²) in [4.78, 5) is 30.4. The quantitative estimate of drug-likeness (QED) is 0.819. The molecule has 2 fully saturated rings. The Bertz CT molecular complexity index is 770. The van der Waals surface area contributed by atoms with Crippen molar-refractivity contribution in [3.05, 3.63) is 12.7 Å². The van der Waals surface area contributed by atoms with Gasteiger partial charge >= 0.3 is 0 Å². The average Bonchev–Trinajstić information content (AvgIpc) is 3.25. The molecule has 134 valence electrons. The lowest BCUT2D eigenvalue weighted by Crippen LogP contribution is -2.45. The van der Waals surface area contributed by atoms with Crippen LogP contribution in [0.1, 0.15) is 13.8 Å². The molecule has 2 aliphatic heterocycles. The van der Waals surface area contributed by atoms with Gasteiger partial charge in [-0.1, -0.05) is 6.92 Å². The van der Waals surface area contributed by atoms with E-state index < -0.39 is 0 Å². The number of ether oxygens (including phenoxy) is 1. The molecule has 0 spiro atoms. The minimum absolute atomic E-state index is 0.00336. The molecular weight excluding hydrogens is 320 g/mol. The molecule has 0 aliphatic carbocycles. The molecule has 25 heavy (non-hydrogen) atoms. The van der Waals surface area contributed by atoms with Crippen molar-refractivity contribution < 1.29 is 9.53 Å².